The van der Waals surface area contributed by atoms with Crippen molar-refractivity contribution in [2.24, 2.45) is 0 Å². The van der Waals surface area contributed by atoms with Gasteiger partial charge in [0.05, 0.1) is 10.6 Å². The summed E-state index contributed by atoms with van der Waals surface area (Å²) in [7, 11) is 0. The van der Waals surface area contributed by atoms with Gasteiger partial charge in [-0.1, -0.05) is 23.2 Å². The average molecular weight is 283 g/mol. The van der Waals surface area contributed by atoms with E-state index in [1.54, 1.807) is 13.0 Å². The molecule has 0 atom stereocenters. The number of anilines is 1. The second-order valence-corrected chi connectivity index (χ2v) is 4.28. The molecule has 0 unspecified atom stereocenters. The fourth-order valence-electron chi connectivity index (χ4n) is 1.28. The Labute approximate surface area is 113 Å². The van der Waals surface area contributed by atoms with Gasteiger partial charge in [-0.2, -0.15) is 0 Å². The number of rotatable bonds is 2. The number of carbonyl (C=O) groups is 1. The van der Waals surface area contributed by atoms with Crippen molar-refractivity contribution in [2.45, 2.75) is 6.92 Å². The second kappa shape index (κ2) is 5.29. The minimum absolute atomic E-state index is 0.244. The molecule has 0 aliphatic rings. The summed E-state index contributed by atoms with van der Waals surface area (Å²) in [6.45, 7) is 1.79. The molecule has 0 aliphatic carbocycles. The smallest absolute Gasteiger partial charge is 0.259 e. The van der Waals surface area contributed by atoms with E-state index in [0.717, 1.165) is 5.69 Å². The van der Waals surface area contributed by atoms with Gasteiger partial charge < -0.3 is 5.32 Å². The quantitative estimate of drug-likeness (QED) is 0.860. The first kappa shape index (κ1) is 12.7. The van der Waals surface area contributed by atoms with Gasteiger partial charge in [-0.05, 0) is 13.0 Å². The van der Waals surface area contributed by atoms with Crippen LogP contribution in [0.4, 0.5) is 5.82 Å². The Morgan fingerprint density at radius 2 is 2.00 bits per heavy atom. The maximum Gasteiger partial charge on any atom is 0.259 e. The van der Waals surface area contributed by atoms with Crippen molar-refractivity contribution >= 4 is 34.9 Å². The van der Waals surface area contributed by atoms with Crippen molar-refractivity contribution in [3.05, 3.63) is 46.1 Å². The zero-order valence-corrected chi connectivity index (χ0v) is 10.8. The van der Waals surface area contributed by atoms with Crippen LogP contribution >= 0.6 is 23.2 Å². The van der Waals surface area contributed by atoms with Crippen LogP contribution in [-0.4, -0.2) is 20.9 Å². The third-order valence-electron chi connectivity index (χ3n) is 2.11. The Kier molecular flexibility index (Phi) is 3.74. The summed E-state index contributed by atoms with van der Waals surface area (Å²) in [5, 5.41) is 3.14. The molecule has 0 aromatic carbocycles. The van der Waals surface area contributed by atoms with E-state index >= 15 is 0 Å². The lowest BCUT2D eigenvalue weighted by molar-refractivity contribution is 0.102. The predicted octanol–water partition coefficient (Wildman–Crippen LogP) is 2.74. The first-order valence-corrected chi connectivity index (χ1v) is 5.73. The molecule has 1 N–H and O–H groups in total. The number of nitrogens with one attached hydrogen (secondary N) is 1. The van der Waals surface area contributed by atoms with Crippen molar-refractivity contribution in [1.29, 1.82) is 0 Å². The number of aryl methyl sites for hydroxylation is 1. The number of hydrogen-bond acceptors (Lipinski definition) is 4. The van der Waals surface area contributed by atoms with Crippen LogP contribution in [0.5, 0.6) is 0 Å². The lowest BCUT2D eigenvalue weighted by atomic mass is 10.2. The van der Waals surface area contributed by atoms with Gasteiger partial charge in [-0.25, -0.2) is 9.97 Å². The lowest BCUT2D eigenvalue weighted by Crippen LogP contribution is -2.14. The molecule has 2 heterocycles. The average Bonchev–Trinajstić information content (AvgIpc) is 2.28. The minimum Gasteiger partial charge on any atom is -0.306 e. The summed E-state index contributed by atoms with van der Waals surface area (Å²) < 4.78 is 0. The van der Waals surface area contributed by atoms with Crippen molar-refractivity contribution in [2.75, 3.05) is 5.32 Å². The number of aromatic nitrogens is 3. The highest BCUT2D eigenvalue weighted by Crippen LogP contribution is 2.17. The Morgan fingerprint density at radius 3 is 2.67 bits per heavy atom. The van der Waals surface area contributed by atoms with Crippen molar-refractivity contribution in [1.82, 2.24) is 15.0 Å². The molecule has 7 heteroatoms. The highest BCUT2D eigenvalue weighted by molar-refractivity contribution is 6.34. The fraction of sp³-hybridized carbons (Fsp3) is 0.0909. The number of nitrogens with zero attached hydrogens (tertiary/aromatic N) is 3. The van der Waals surface area contributed by atoms with Gasteiger partial charge in [0.25, 0.3) is 5.91 Å². The fourth-order valence-corrected chi connectivity index (χ4v) is 1.72. The molecule has 18 heavy (non-hydrogen) atoms. The van der Waals surface area contributed by atoms with Crippen molar-refractivity contribution in [3.8, 4) is 0 Å². The number of carbonyl (C=O) groups excluding carboxylic acids is 1. The standard InChI is InChI=1S/C11H8Cl2N4O/c1-6-2-8(12)7(4-14-6)11(18)17-10-3-9(13)15-5-16-10/h2-5H,1H3,(H,15,16,17,18). The molecule has 0 spiro atoms. The van der Waals surface area contributed by atoms with Crippen LogP contribution in [0.25, 0.3) is 0 Å². The van der Waals surface area contributed by atoms with Crippen molar-refractivity contribution < 1.29 is 4.79 Å². The van der Waals surface area contributed by atoms with Gasteiger partial charge in [-0.3, -0.25) is 9.78 Å². The zero-order valence-electron chi connectivity index (χ0n) is 9.32. The van der Waals surface area contributed by atoms with Crippen LogP contribution in [0.1, 0.15) is 16.1 Å². The van der Waals surface area contributed by atoms with Crippen LogP contribution in [0.2, 0.25) is 10.2 Å². The van der Waals surface area contributed by atoms with E-state index in [1.165, 1.54) is 18.6 Å². The van der Waals surface area contributed by atoms with Gasteiger partial charge in [0.15, 0.2) is 0 Å². The molecular weight excluding hydrogens is 275 g/mol. The van der Waals surface area contributed by atoms with Crippen LogP contribution in [0, 0.1) is 6.92 Å². The van der Waals surface area contributed by atoms with Gasteiger partial charge in [0, 0.05) is 18.0 Å². The van der Waals surface area contributed by atoms with Gasteiger partial charge in [0.1, 0.15) is 17.3 Å². The Hall–Kier alpha value is -1.72. The van der Waals surface area contributed by atoms with E-state index in [-0.39, 0.29) is 10.7 Å². The third-order valence-corrected chi connectivity index (χ3v) is 2.63. The Morgan fingerprint density at radius 1 is 1.22 bits per heavy atom. The third kappa shape index (κ3) is 2.94. The van der Waals surface area contributed by atoms with E-state index in [9.17, 15) is 4.79 Å². The normalized spacial score (nSPS) is 10.2. The maximum absolute atomic E-state index is 11.9. The van der Waals surface area contributed by atoms with E-state index in [2.05, 4.69) is 20.3 Å². The largest absolute Gasteiger partial charge is 0.306 e. The molecule has 2 aromatic rings. The molecule has 2 aromatic heterocycles. The Bertz CT molecular complexity index is 603. The number of hydrogen-bond donors (Lipinski definition) is 1. The van der Waals surface area contributed by atoms with Gasteiger partial charge in [0.2, 0.25) is 0 Å². The van der Waals surface area contributed by atoms with Crippen LogP contribution in [-0.2, 0) is 0 Å². The molecule has 92 valence electrons. The summed E-state index contributed by atoms with van der Waals surface area (Å²) in [6.07, 6.45) is 2.67. The second-order valence-electron chi connectivity index (χ2n) is 3.49. The molecule has 0 saturated heterocycles. The number of amides is 1. The molecule has 2 rings (SSSR count). The van der Waals surface area contributed by atoms with E-state index in [4.69, 9.17) is 23.2 Å². The molecule has 0 radical (unpaired) electrons. The summed E-state index contributed by atoms with van der Waals surface area (Å²) in [5.41, 5.74) is 1.01. The minimum atomic E-state index is -0.401. The van der Waals surface area contributed by atoms with E-state index < -0.39 is 5.91 Å². The molecule has 0 bridgehead atoms. The van der Waals surface area contributed by atoms with Crippen molar-refractivity contribution in [3.63, 3.8) is 0 Å². The summed E-state index contributed by atoms with van der Waals surface area (Å²) in [6, 6.07) is 3.05. The summed E-state index contributed by atoms with van der Waals surface area (Å²) in [4.78, 5) is 23.5. The lowest BCUT2D eigenvalue weighted by Gasteiger charge is -2.06. The van der Waals surface area contributed by atoms with Crippen LogP contribution in [0.15, 0.2) is 24.7 Å². The van der Waals surface area contributed by atoms with Gasteiger partial charge in [-0.15, -0.1) is 0 Å². The summed E-state index contributed by atoms with van der Waals surface area (Å²) in [5.74, 6) is -0.0982. The molecule has 0 saturated carbocycles. The topological polar surface area (TPSA) is 67.8 Å². The van der Waals surface area contributed by atoms with E-state index in [1.807, 2.05) is 0 Å². The van der Waals surface area contributed by atoms with Crippen LogP contribution in [0.3, 0.4) is 0 Å². The molecule has 1 amide bonds. The highest BCUT2D eigenvalue weighted by Gasteiger charge is 2.12. The first-order chi connectivity index (χ1) is 8.56. The predicted molar refractivity (Wildman–Crippen MR) is 69.0 cm³/mol. The molecular formula is C11H8Cl2N4O. The SMILES string of the molecule is Cc1cc(Cl)c(C(=O)Nc2cc(Cl)ncn2)cn1. The molecule has 0 fully saturated rings. The number of pyridine rings is 1. The Balaban J connectivity index is 2.22. The van der Waals surface area contributed by atoms with Crippen LogP contribution < -0.4 is 5.32 Å². The summed E-state index contributed by atoms with van der Waals surface area (Å²) >= 11 is 11.6. The van der Waals surface area contributed by atoms with Gasteiger partial charge >= 0.3 is 0 Å². The number of halogens is 2. The highest BCUT2D eigenvalue weighted by atomic mass is 35.5. The van der Waals surface area contributed by atoms with E-state index in [0.29, 0.717) is 10.8 Å². The molecule has 0 aliphatic heterocycles. The maximum atomic E-state index is 11.9. The monoisotopic (exact) mass is 282 g/mol. The zero-order chi connectivity index (χ0) is 13.1. The molecule has 5 nitrogen and oxygen atoms in total. The first-order valence-electron chi connectivity index (χ1n) is 4.97.